The number of hydrogen-bond donors (Lipinski definition) is 0. The summed E-state index contributed by atoms with van der Waals surface area (Å²) >= 11 is 0. The van der Waals surface area contributed by atoms with Gasteiger partial charge < -0.3 is 13.7 Å². The van der Waals surface area contributed by atoms with E-state index in [1.54, 1.807) is 0 Å². The molecule has 5 heteroatoms. The molecule has 0 saturated carbocycles. The first-order valence-corrected chi connectivity index (χ1v) is 10.8. The fourth-order valence-corrected chi connectivity index (χ4v) is 2.77. The van der Waals surface area contributed by atoms with Crippen LogP contribution in [0.3, 0.4) is 0 Å². The molecule has 0 aliphatic rings. The van der Waals surface area contributed by atoms with Gasteiger partial charge in [0.1, 0.15) is 0 Å². The Hall–Kier alpha value is -0.653. The van der Waals surface area contributed by atoms with Crippen LogP contribution in [0.2, 0.25) is 18.1 Å². The van der Waals surface area contributed by atoms with Gasteiger partial charge in [0.2, 0.25) is 0 Å². The lowest BCUT2D eigenvalue weighted by molar-refractivity contribution is 0.141. The molecule has 0 aliphatic heterocycles. The van der Waals surface area contributed by atoms with Crippen LogP contribution in [0.25, 0.3) is 0 Å². The van der Waals surface area contributed by atoms with Crippen molar-refractivity contribution in [3.63, 3.8) is 0 Å². The standard InChI is InChI=1S/C16H32N2O2Si/c1-8-19-11-9-10-18-13-17-14(2)15(18)12-20-21(6,7)16(3,4)5/h13H,8-12H2,1-7H3. The third kappa shape index (κ3) is 5.24. The molecule has 1 rings (SSSR count). The second kappa shape index (κ2) is 7.56. The molecule has 1 aromatic rings. The number of ether oxygens (including phenoxy) is 1. The topological polar surface area (TPSA) is 36.3 Å². The van der Waals surface area contributed by atoms with Gasteiger partial charge in [-0.1, -0.05) is 20.8 Å². The number of nitrogens with zero attached hydrogens (tertiary/aromatic N) is 2. The first kappa shape index (κ1) is 18.4. The van der Waals surface area contributed by atoms with Gasteiger partial charge in [0, 0.05) is 19.8 Å². The summed E-state index contributed by atoms with van der Waals surface area (Å²) < 4.78 is 13.9. The van der Waals surface area contributed by atoms with Crippen LogP contribution in [0.5, 0.6) is 0 Å². The highest BCUT2D eigenvalue weighted by atomic mass is 28.4. The Morgan fingerprint density at radius 2 is 1.95 bits per heavy atom. The monoisotopic (exact) mass is 312 g/mol. The third-order valence-corrected chi connectivity index (χ3v) is 8.90. The molecule has 0 amide bonds. The smallest absolute Gasteiger partial charge is 0.192 e. The molecular formula is C16H32N2O2Si. The molecule has 0 N–H and O–H groups in total. The first-order chi connectivity index (χ1) is 9.69. The Labute approximate surface area is 131 Å². The lowest BCUT2D eigenvalue weighted by Crippen LogP contribution is -2.40. The number of rotatable bonds is 8. The summed E-state index contributed by atoms with van der Waals surface area (Å²) in [6, 6.07) is 0. The van der Waals surface area contributed by atoms with E-state index in [4.69, 9.17) is 9.16 Å². The molecule has 21 heavy (non-hydrogen) atoms. The Morgan fingerprint density at radius 1 is 1.29 bits per heavy atom. The van der Waals surface area contributed by atoms with E-state index < -0.39 is 8.32 Å². The summed E-state index contributed by atoms with van der Waals surface area (Å²) in [5.74, 6) is 0. The van der Waals surface area contributed by atoms with E-state index >= 15 is 0 Å². The van der Waals surface area contributed by atoms with Gasteiger partial charge in [0.05, 0.1) is 24.3 Å². The van der Waals surface area contributed by atoms with Crippen molar-refractivity contribution in [3.05, 3.63) is 17.7 Å². The summed E-state index contributed by atoms with van der Waals surface area (Å²) in [6.45, 7) is 18.7. The van der Waals surface area contributed by atoms with Gasteiger partial charge in [0.15, 0.2) is 8.32 Å². The minimum atomic E-state index is -1.72. The maximum Gasteiger partial charge on any atom is 0.192 e. The fourth-order valence-electron chi connectivity index (χ4n) is 1.83. The predicted molar refractivity (Wildman–Crippen MR) is 90.1 cm³/mol. The van der Waals surface area contributed by atoms with Crippen molar-refractivity contribution in [1.29, 1.82) is 0 Å². The van der Waals surface area contributed by atoms with E-state index in [0.717, 1.165) is 31.9 Å². The number of aryl methyl sites for hydroxylation is 2. The lowest BCUT2D eigenvalue weighted by Gasteiger charge is -2.36. The van der Waals surface area contributed by atoms with Crippen molar-refractivity contribution < 1.29 is 9.16 Å². The first-order valence-electron chi connectivity index (χ1n) is 7.91. The van der Waals surface area contributed by atoms with Gasteiger partial charge in [-0.3, -0.25) is 0 Å². The highest BCUT2D eigenvalue weighted by Crippen LogP contribution is 2.37. The number of aromatic nitrogens is 2. The maximum atomic E-state index is 6.33. The molecule has 1 aromatic heterocycles. The van der Waals surface area contributed by atoms with Gasteiger partial charge in [-0.15, -0.1) is 0 Å². The van der Waals surface area contributed by atoms with Crippen LogP contribution in [-0.4, -0.2) is 31.1 Å². The van der Waals surface area contributed by atoms with Crippen molar-refractivity contribution >= 4 is 8.32 Å². The van der Waals surface area contributed by atoms with Crippen LogP contribution < -0.4 is 0 Å². The average molecular weight is 313 g/mol. The van der Waals surface area contributed by atoms with Crippen LogP contribution in [0.15, 0.2) is 6.33 Å². The van der Waals surface area contributed by atoms with Gasteiger partial charge >= 0.3 is 0 Å². The van der Waals surface area contributed by atoms with E-state index in [2.05, 4.69) is 50.3 Å². The zero-order chi connectivity index (χ0) is 16.1. The molecule has 0 spiro atoms. The Bertz CT molecular complexity index is 436. The Kier molecular flexibility index (Phi) is 6.62. The maximum absolute atomic E-state index is 6.33. The molecular weight excluding hydrogens is 280 g/mol. The normalized spacial score (nSPS) is 12.9. The van der Waals surface area contributed by atoms with Crippen molar-refractivity contribution in [2.45, 2.75) is 72.3 Å². The van der Waals surface area contributed by atoms with Crippen LogP contribution in [0.1, 0.15) is 45.5 Å². The fraction of sp³-hybridized carbons (Fsp3) is 0.812. The molecule has 122 valence electrons. The molecule has 0 aromatic carbocycles. The quantitative estimate of drug-likeness (QED) is 0.534. The largest absolute Gasteiger partial charge is 0.411 e. The van der Waals surface area contributed by atoms with Crippen molar-refractivity contribution in [3.8, 4) is 0 Å². The Balaban J connectivity index is 2.64. The van der Waals surface area contributed by atoms with Gasteiger partial charge in [-0.05, 0) is 38.4 Å². The molecule has 0 atom stereocenters. The average Bonchev–Trinajstić information content (AvgIpc) is 2.72. The summed E-state index contributed by atoms with van der Waals surface area (Å²) in [6.07, 6.45) is 2.93. The summed E-state index contributed by atoms with van der Waals surface area (Å²) in [7, 11) is -1.72. The second-order valence-corrected chi connectivity index (χ2v) is 11.9. The molecule has 0 aliphatic carbocycles. The van der Waals surface area contributed by atoms with Crippen LogP contribution >= 0.6 is 0 Å². The van der Waals surface area contributed by atoms with E-state index in [-0.39, 0.29) is 5.04 Å². The molecule has 0 unspecified atom stereocenters. The van der Waals surface area contributed by atoms with E-state index in [1.807, 2.05) is 13.3 Å². The molecule has 4 nitrogen and oxygen atoms in total. The van der Waals surface area contributed by atoms with Gasteiger partial charge in [-0.2, -0.15) is 0 Å². The SMILES string of the molecule is CCOCCCn1cnc(C)c1CO[Si](C)(C)C(C)(C)C. The second-order valence-electron chi connectivity index (χ2n) is 7.07. The zero-order valence-electron chi connectivity index (χ0n) is 14.8. The molecule has 0 saturated heterocycles. The van der Waals surface area contributed by atoms with Crippen LogP contribution in [0.4, 0.5) is 0 Å². The lowest BCUT2D eigenvalue weighted by atomic mass is 10.2. The van der Waals surface area contributed by atoms with Crippen LogP contribution in [0, 0.1) is 6.92 Å². The van der Waals surface area contributed by atoms with Crippen LogP contribution in [-0.2, 0) is 22.3 Å². The van der Waals surface area contributed by atoms with E-state index in [0.29, 0.717) is 6.61 Å². The highest BCUT2D eigenvalue weighted by Gasteiger charge is 2.37. The summed E-state index contributed by atoms with van der Waals surface area (Å²) in [5, 5.41) is 0.237. The minimum Gasteiger partial charge on any atom is -0.411 e. The molecule has 1 heterocycles. The molecule has 0 fully saturated rings. The number of imidazole rings is 1. The predicted octanol–water partition coefficient (Wildman–Crippen LogP) is 4.14. The summed E-state index contributed by atoms with van der Waals surface area (Å²) in [4.78, 5) is 4.44. The third-order valence-electron chi connectivity index (χ3n) is 4.42. The highest BCUT2D eigenvalue weighted by molar-refractivity contribution is 6.74. The minimum absolute atomic E-state index is 0.237. The zero-order valence-corrected chi connectivity index (χ0v) is 15.8. The summed E-state index contributed by atoms with van der Waals surface area (Å²) in [5.41, 5.74) is 2.28. The Morgan fingerprint density at radius 3 is 2.52 bits per heavy atom. The number of hydrogen-bond acceptors (Lipinski definition) is 3. The van der Waals surface area contributed by atoms with Crippen molar-refractivity contribution in [1.82, 2.24) is 9.55 Å². The van der Waals surface area contributed by atoms with Gasteiger partial charge in [-0.25, -0.2) is 4.98 Å². The van der Waals surface area contributed by atoms with Crippen molar-refractivity contribution in [2.24, 2.45) is 0 Å². The molecule has 0 bridgehead atoms. The van der Waals surface area contributed by atoms with E-state index in [1.165, 1.54) is 5.69 Å². The van der Waals surface area contributed by atoms with E-state index in [9.17, 15) is 0 Å². The molecule has 0 radical (unpaired) electrons. The van der Waals surface area contributed by atoms with Crippen molar-refractivity contribution in [2.75, 3.05) is 13.2 Å². The van der Waals surface area contributed by atoms with Gasteiger partial charge in [0.25, 0.3) is 0 Å².